The third-order valence-electron chi connectivity index (χ3n) is 5.03. The summed E-state index contributed by atoms with van der Waals surface area (Å²) >= 11 is 6.10. The van der Waals surface area contributed by atoms with Crippen molar-refractivity contribution in [2.45, 2.75) is 29.1 Å². The van der Waals surface area contributed by atoms with Crippen molar-refractivity contribution in [3.8, 4) is 0 Å². The predicted molar refractivity (Wildman–Crippen MR) is 119 cm³/mol. The van der Waals surface area contributed by atoms with Gasteiger partial charge >= 0.3 is 0 Å². The number of amides is 1. The van der Waals surface area contributed by atoms with Gasteiger partial charge in [0.05, 0.1) is 20.4 Å². The van der Waals surface area contributed by atoms with Crippen LogP contribution in [0.5, 0.6) is 0 Å². The number of benzene rings is 2. The summed E-state index contributed by atoms with van der Waals surface area (Å²) in [6.07, 6.45) is 2.71. The standard InChI is InChI=1S/C20H24ClN3O5S2/c1-23(2)30(26,27)17-10-11-19(21)18(14-17)20(25)22-15-6-8-16(9-7-15)31(28,29)24-12-4-3-5-13-24/h6-11,14H,3-5,12-13H2,1-2H3,(H,22,25). The summed E-state index contributed by atoms with van der Waals surface area (Å²) in [4.78, 5) is 12.8. The Morgan fingerprint density at radius 2 is 1.52 bits per heavy atom. The van der Waals surface area contributed by atoms with E-state index in [0.29, 0.717) is 18.8 Å². The molecule has 168 valence electrons. The van der Waals surface area contributed by atoms with Crippen LogP contribution >= 0.6 is 11.6 Å². The predicted octanol–water partition coefficient (Wildman–Crippen LogP) is 3.02. The minimum atomic E-state index is -3.73. The van der Waals surface area contributed by atoms with Gasteiger partial charge in [-0.15, -0.1) is 0 Å². The van der Waals surface area contributed by atoms with Crippen LogP contribution in [0.1, 0.15) is 29.6 Å². The Hall–Kier alpha value is -1.98. The summed E-state index contributed by atoms with van der Waals surface area (Å²) in [6.45, 7) is 1.01. The Balaban J connectivity index is 1.80. The number of sulfonamides is 2. The lowest BCUT2D eigenvalue weighted by Gasteiger charge is -2.25. The molecule has 0 aliphatic carbocycles. The lowest BCUT2D eigenvalue weighted by Crippen LogP contribution is -2.35. The molecule has 31 heavy (non-hydrogen) atoms. The first-order chi connectivity index (χ1) is 14.5. The SMILES string of the molecule is CN(C)S(=O)(=O)c1ccc(Cl)c(C(=O)Nc2ccc(S(=O)(=O)N3CCCCC3)cc2)c1. The van der Waals surface area contributed by atoms with Crippen LogP contribution in [-0.4, -0.2) is 58.5 Å². The first kappa shape index (κ1) is 23.7. The minimum Gasteiger partial charge on any atom is -0.322 e. The van der Waals surface area contributed by atoms with Gasteiger partial charge in [-0.3, -0.25) is 4.79 Å². The summed E-state index contributed by atoms with van der Waals surface area (Å²) in [7, 11) is -4.52. The van der Waals surface area contributed by atoms with Crippen molar-refractivity contribution in [3.05, 3.63) is 53.1 Å². The van der Waals surface area contributed by atoms with Gasteiger partial charge in [0.2, 0.25) is 20.0 Å². The molecule has 0 spiro atoms. The number of nitrogens with zero attached hydrogens (tertiary/aromatic N) is 2. The van der Waals surface area contributed by atoms with E-state index in [-0.39, 0.29) is 20.4 Å². The molecule has 2 aromatic carbocycles. The van der Waals surface area contributed by atoms with Gasteiger partial charge in [0.1, 0.15) is 0 Å². The molecule has 0 aromatic heterocycles. The van der Waals surface area contributed by atoms with Crippen LogP contribution in [0.25, 0.3) is 0 Å². The van der Waals surface area contributed by atoms with Crippen LogP contribution in [0.15, 0.2) is 52.3 Å². The van der Waals surface area contributed by atoms with Crippen LogP contribution in [0.3, 0.4) is 0 Å². The maximum absolute atomic E-state index is 12.7. The first-order valence-electron chi connectivity index (χ1n) is 9.67. The van der Waals surface area contributed by atoms with E-state index in [1.54, 1.807) is 0 Å². The molecule has 1 fully saturated rings. The van der Waals surface area contributed by atoms with Crippen molar-refractivity contribution >= 4 is 43.2 Å². The van der Waals surface area contributed by atoms with E-state index >= 15 is 0 Å². The van der Waals surface area contributed by atoms with E-state index < -0.39 is 26.0 Å². The second-order valence-corrected chi connectivity index (χ2v) is 11.9. The fourth-order valence-corrected chi connectivity index (χ4v) is 5.86. The van der Waals surface area contributed by atoms with Gasteiger partial charge in [0, 0.05) is 32.9 Å². The number of nitrogens with one attached hydrogen (secondary N) is 1. The fraction of sp³-hybridized carbons (Fsp3) is 0.350. The molecule has 11 heteroatoms. The highest BCUT2D eigenvalue weighted by Crippen LogP contribution is 2.25. The van der Waals surface area contributed by atoms with Gasteiger partial charge in [-0.1, -0.05) is 18.0 Å². The number of carbonyl (C=O) groups excluding carboxylic acids is 1. The zero-order chi connectivity index (χ0) is 22.8. The van der Waals surface area contributed by atoms with Gasteiger partial charge < -0.3 is 5.32 Å². The van der Waals surface area contributed by atoms with Crippen molar-refractivity contribution in [1.29, 1.82) is 0 Å². The molecule has 3 rings (SSSR count). The zero-order valence-corrected chi connectivity index (χ0v) is 19.6. The third kappa shape index (κ3) is 5.09. The minimum absolute atomic E-state index is 0.00499. The maximum Gasteiger partial charge on any atom is 0.257 e. The monoisotopic (exact) mass is 485 g/mol. The van der Waals surface area contributed by atoms with E-state index in [1.807, 2.05) is 0 Å². The first-order valence-corrected chi connectivity index (χ1v) is 12.9. The van der Waals surface area contributed by atoms with Crippen LogP contribution in [0, 0.1) is 0 Å². The largest absolute Gasteiger partial charge is 0.322 e. The van der Waals surface area contributed by atoms with Crippen LogP contribution < -0.4 is 5.32 Å². The number of rotatable bonds is 6. The molecule has 1 saturated heterocycles. The number of piperidine rings is 1. The van der Waals surface area contributed by atoms with Crippen LogP contribution in [0.4, 0.5) is 5.69 Å². The van der Waals surface area contributed by atoms with Crippen molar-refractivity contribution in [2.24, 2.45) is 0 Å². The van der Waals surface area contributed by atoms with Gasteiger partial charge in [-0.2, -0.15) is 4.31 Å². The third-order valence-corrected chi connectivity index (χ3v) is 9.08. The lowest BCUT2D eigenvalue weighted by molar-refractivity contribution is 0.102. The number of hydrogen-bond acceptors (Lipinski definition) is 5. The van der Waals surface area contributed by atoms with Gasteiger partial charge in [-0.25, -0.2) is 21.1 Å². The van der Waals surface area contributed by atoms with Crippen molar-refractivity contribution in [3.63, 3.8) is 0 Å². The molecule has 1 aliphatic rings. The summed E-state index contributed by atoms with van der Waals surface area (Å²) in [5.74, 6) is -0.604. The molecule has 8 nitrogen and oxygen atoms in total. The Kier molecular flexibility index (Phi) is 7.07. The van der Waals surface area contributed by atoms with E-state index in [4.69, 9.17) is 11.6 Å². The van der Waals surface area contributed by atoms with Gasteiger partial charge in [0.25, 0.3) is 5.91 Å². The number of anilines is 1. The summed E-state index contributed by atoms with van der Waals surface area (Å²) in [6, 6.07) is 9.74. The molecule has 0 unspecified atom stereocenters. The van der Waals surface area contributed by atoms with Crippen LogP contribution in [-0.2, 0) is 20.0 Å². The second-order valence-electron chi connectivity index (χ2n) is 7.37. The Morgan fingerprint density at radius 1 is 0.935 bits per heavy atom. The molecular weight excluding hydrogens is 462 g/mol. The maximum atomic E-state index is 12.7. The summed E-state index contributed by atoms with van der Waals surface area (Å²) < 4.78 is 52.6. The topological polar surface area (TPSA) is 104 Å². The molecule has 1 aliphatic heterocycles. The van der Waals surface area contributed by atoms with Crippen molar-refractivity contribution in [1.82, 2.24) is 8.61 Å². The van der Waals surface area contributed by atoms with Gasteiger partial charge in [0.15, 0.2) is 0 Å². The highest BCUT2D eigenvalue weighted by atomic mass is 35.5. The average molecular weight is 486 g/mol. The normalized spacial score (nSPS) is 15.7. The fourth-order valence-electron chi connectivity index (χ4n) is 3.21. The molecular formula is C20H24ClN3O5S2. The smallest absolute Gasteiger partial charge is 0.257 e. The molecule has 1 heterocycles. The second kappa shape index (κ2) is 9.25. The zero-order valence-electron chi connectivity index (χ0n) is 17.2. The number of halogens is 1. The highest BCUT2D eigenvalue weighted by molar-refractivity contribution is 7.89. The van der Waals surface area contributed by atoms with E-state index in [9.17, 15) is 21.6 Å². The molecule has 1 amide bonds. The van der Waals surface area contributed by atoms with Crippen molar-refractivity contribution in [2.75, 3.05) is 32.5 Å². The molecule has 1 N–H and O–H groups in total. The van der Waals surface area contributed by atoms with Crippen molar-refractivity contribution < 1.29 is 21.6 Å². The lowest BCUT2D eigenvalue weighted by atomic mass is 10.2. The quantitative estimate of drug-likeness (QED) is 0.677. The molecule has 0 radical (unpaired) electrons. The van der Waals surface area contributed by atoms with Gasteiger partial charge in [-0.05, 0) is 55.3 Å². The summed E-state index contributed by atoms with van der Waals surface area (Å²) in [5.41, 5.74) is 0.356. The Morgan fingerprint density at radius 3 is 2.10 bits per heavy atom. The highest BCUT2D eigenvalue weighted by Gasteiger charge is 2.26. The van der Waals surface area contributed by atoms with E-state index in [2.05, 4.69) is 5.32 Å². The Bertz CT molecular complexity index is 1170. The van der Waals surface area contributed by atoms with Crippen LogP contribution in [0.2, 0.25) is 5.02 Å². The summed E-state index contributed by atoms with van der Waals surface area (Å²) in [5, 5.41) is 2.72. The molecule has 2 aromatic rings. The molecule has 0 atom stereocenters. The average Bonchev–Trinajstić information content (AvgIpc) is 2.74. The number of carbonyl (C=O) groups is 1. The Labute approximate surface area is 187 Å². The number of hydrogen-bond donors (Lipinski definition) is 1. The van der Waals surface area contributed by atoms with E-state index in [1.165, 1.54) is 60.9 Å². The molecule has 0 bridgehead atoms. The molecule has 0 saturated carbocycles. The van der Waals surface area contributed by atoms with E-state index in [0.717, 1.165) is 23.6 Å².